The van der Waals surface area contributed by atoms with Gasteiger partial charge in [-0.05, 0) is 42.9 Å². The van der Waals surface area contributed by atoms with E-state index in [-0.39, 0.29) is 30.9 Å². The van der Waals surface area contributed by atoms with Crippen molar-refractivity contribution in [3.63, 3.8) is 0 Å². The zero-order chi connectivity index (χ0) is 28.6. The number of nitrogens with zero attached hydrogens (tertiary/aromatic N) is 2. The fourth-order valence-corrected chi connectivity index (χ4v) is 6.27. The van der Waals surface area contributed by atoms with Crippen molar-refractivity contribution < 1.29 is 24.2 Å². The fraction of sp³-hybridized carbons (Fsp3) is 0.531. The summed E-state index contributed by atoms with van der Waals surface area (Å²) in [5.41, 5.74) is 2.97. The highest BCUT2D eigenvalue weighted by Gasteiger charge is 2.31. The quantitative estimate of drug-likeness (QED) is 0.431. The van der Waals surface area contributed by atoms with Gasteiger partial charge in [-0.2, -0.15) is 0 Å². The Kier molecular flexibility index (Phi) is 9.77. The van der Waals surface area contributed by atoms with Crippen LogP contribution in [0.15, 0.2) is 48.5 Å². The molecule has 9 nitrogen and oxygen atoms in total. The van der Waals surface area contributed by atoms with E-state index in [1.54, 1.807) is 9.80 Å². The molecule has 3 N–H and O–H groups in total. The summed E-state index contributed by atoms with van der Waals surface area (Å²) in [5.74, 6) is 0.817. The highest BCUT2D eigenvalue weighted by atomic mass is 16.5. The lowest BCUT2D eigenvalue weighted by atomic mass is 9.84. The van der Waals surface area contributed by atoms with Gasteiger partial charge in [0.25, 0.3) is 0 Å². The van der Waals surface area contributed by atoms with Crippen LogP contribution >= 0.6 is 0 Å². The molecule has 0 saturated heterocycles. The van der Waals surface area contributed by atoms with E-state index in [0.717, 1.165) is 54.7 Å². The van der Waals surface area contributed by atoms with Crippen molar-refractivity contribution in [1.29, 1.82) is 0 Å². The Labute approximate surface area is 242 Å². The molecule has 1 fully saturated rings. The lowest BCUT2D eigenvalue weighted by molar-refractivity contribution is -0.132. The van der Waals surface area contributed by atoms with Crippen molar-refractivity contribution >= 4 is 23.5 Å². The van der Waals surface area contributed by atoms with Crippen molar-refractivity contribution in [1.82, 2.24) is 15.5 Å². The molecular formula is C32H42N4O5. The molecule has 0 radical (unpaired) electrons. The maximum atomic E-state index is 13.5. The smallest absolute Gasteiger partial charge is 0.322 e. The third-order valence-corrected chi connectivity index (χ3v) is 8.62. The zero-order valence-corrected chi connectivity index (χ0v) is 23.7. The summed E-state index contributed by atoms with van der Waals surface area (Å²) in [5, 5.41) is 16.0. The first kappa shape index (κ1) is 28.9. The average Bonchev–Trinajstić information content (AvgIpc) is 3.31. The number of hydrogen-bond acceptors (Lipinski definition) is 5. The minimum absolute atomic E-state index is 0.0437. The molecule has 3 aliphatic rings. The monoisotopic (exact) mass is 562 g/mol. The van der Waals surface area contributed by atoms with Crippen molar-refractivity contribution in [2.24, 2.45) is 5.92 Å². The molecule has 0 spiro atoms. The molecule has 1 aliphatic carbocycles. The van der Waals surface area contributed by atoms with E-state index >= 15 is 0 Å². The summed E-state index contributed by atoms with van der Waals surface area (Å²) < 4.78 is 5.78. The van der Waals surface area contributed by atoms with Crippen LogP contribution in [0.3, 0.4) is 0 Å². The summed E-state index contributed by atoms with van der Waals surface area (Å²) in [7, 11) is 0. The number of para-hydroxylation sites is 2. The maximum absolute atomic E-state index is 13.5. The number of nitrogens with one attached hydrogen (secondary N) is 2. The third kappa shape index (κ3) is 7.38. The number of carbonyl (C=O) groups is 3. The Morgan fingerprint density at radius 3 is 2.51 bits per heavy atom. The van der Waals surface area contributed by atoms with Crippen LogP contribution in [0.5, 0.6) is 5.75 Å². The number of urea groups is 1. The predicted octanol–water partition coefficient (Wildman–Crippen LogP) is 3.78. The molecule has 2 atom stereocenters. The largest absolute Gasteiger partial charge is 0.491 e. The Bertz CT molecular complexity index is 1210. The van der Waals surface area contributed by atoms with Crippen molar-refractivity contribution in [2.45, 2.75) is 76.4 Å². The van der Waals surface area contributed by atoms with Crippen LogP contribution in [0.4, 0.5) is 10.5 Å². The van der Waals surface area contributed by atoms with E-state index < -0.39 is 12.1 Å². The molecule has 2 heterocycles. The molecule has 2 unspecified atom stereocenters. The lowest BCUT2D eigenvalue weighted by Crippen LogP contribution is -2.54. The van der Waals surface area contributed by atoms with Crippen LogP contribution in [0.2, 0.25) is 0 Å². The molecule has 2 aromatic carbocycles. The van der Waals surface area contributed by atoms with Crippen LogP contribution < -0.4 is 20.3 Å². The molecule has 0 bridgehead atoms. The maximum Gasteiger partial charge on any atom is 0.322 e. The second-order valence-electron chi connectivity index (χ2n) is 11.5. The second kappa shape index (κ2) is 13.9. The molecule has 41 heavy (non-hydrogen) atoms. The van der Waals surface area contributed by atoms with Crippen molar-refractivity contribution in [3.05, 3.63) is 59.7 Å². The number of ether oxygens (including phenoxy) is 1. The number of fused-ring (bicyclic) bond motifs is 2. The molecule has 5 rings (SSSR count). The van der Waals surface area contributed by atoms with Crippen molar-refractivity contribution in [2.75, 3.05) is 31.2 Å². The molecule has 9 heteroatoms. The Balaban J connectivity index is 1.19. The molecule has 0 aromatic heterocycles. The molecule has 220 valence electrons. The number of anilines is 1. The second-order valence-corrected chi connectivity index (χ2v) is 11.5. The van der Waals surface area contributed by atoms with Crippen LogP contribution in [0.25, 0.3) is 0 Å². The zero-order valence-electron chi connectivity index (χ0n) is 23.7. The van der Waals surface area contributed by atoms with Gasteiger partial charge in [-0.15, -0.1) is 0 Å². The first-order valence-corrected chi connectivity index (χ1v) is 15.1. The number of benzene rings is 2. The van der Waals surface area contributed by atoms with E-state index in [9.17, 15) is 19.5 Å². The summed E-state index contributed by atoms with van der Waals surface area (Å²) >= 11 is 0. The van der Waals surface area contributed by atoms with Crippen LogP contribution in [-0.4, -0.2) is 66.2 Å². The summed E-state index contributed by atoms with van der Waals surface area (Å²) in [6, 6.07) is 14.0. The summed E-state index contributed by atoms with van der Waals surface area (Å²) in [6.07, 6.45) is 7.44. The van der Waals surface area contributed by atoms with E-state index in [2.05, 4.69) is 10.6 Å². The Morgan fingerprint density at radius 1 is 0.951 bits per heavy atom. The van der Waals surface area contributed by atoms with Gasteiger partial charge in [0.1, 0.15) is 18.4 Å². The molecule has 2 aliphatic heterocycles. The number of amides is 4. The molecular weight excluding hydrogens is 520 g/mol. The van der Waals surface area contributed by atoms with Gasteiger partial charge in [0.05, 0.1) is 19.2 Å². The third-order valence-electron chi connectivity index (χ3n) is 8.62. The number of hydrogen-bond donors (Lipinski definition) is 3. The van der Waals surface area contributed by atoms with Crippen LogP contribution in [0, 0.1) is 5.92 Å². The van der Waals surface area contributed by atoms with E-state index in [0.29, 0.717) is 45.0 Å². The van der Waals surface area contributed by atoms with Crippen molar-refractivity contribution in [3.8, 4) is 5.75 Å². The van der Waals surface area contributed by atoms with Gasteiger partial charge in [-0.3, -0.25) is 14.5 Å². The van der Waals surface area contributed by atoms with E-state index in [4.69, 9.17) is 4.74 Å². The number of rotatable bonds is 9. The Hall–Kier alpha value is -3.59. The first-order valence-electron chi connectivity index (χ1n) is 15.1. The van der Waals surface area contributed by atoms with Crippen LogP contribution in [0.1, 0.15) is 62.5 Å². The topological polar surface area (TPSA) is 111 Å². The lowest BCUT2D eigenvalue weighted by Gasteiger charge is -2.29. The molecule has 4 amide bonds. The Morgan fingerprint density at radius 2 is 1.71 bits per heavy atom. The van der Waals surface area contributed by atoms with Gasteiger partial charge in [0.2, 0.25) is 11.8 Å². The standard InChI is InChI=1S/C32H42N4O5/c37-22-26(14-15-30(38)35-18-19-41-29-13-7-5-11-25(29)21-35)33-31(39)27(20-23-8-2-1-3-9-23)34-32(40)36-17-16-24-10-4-6-12-28(24)36/h4-7,10-13,23,26-27,37H,1-3,8-9,14-22H2,(H,33,39)(H,34,40). The molecule has 1 saturated carbocycles. The average molecular weight is 563 g/mol. The normalized spacial score (nSPS) is 18.4. The fourth-order valence-electron chi connectivity index (χ4n) is 6.27. The number of aliphatic hydroxyl groups is 1. The predicted molar refractivity (Wildman–Crippen MR) is 157 cm³/mol. The molecule has 2 aromatic rings. The first-order chi connectivity index (χ1) is 20.0. The van der Waals surface area contributed by atoms with Gasteiger partial charge >= 0.3 is 6.03 Å². The number of aliphatic hydroxyl groups excluding tert-OH is 1. The van der Waals surface area contributed by atoms with Gasteiger partial charge in [0.15, 0.2) is 0 Å². The van der Waals surface area contributed by atoms with Gasteiger partial charge in [-0.25, -0.2) is 4.79 Å². The minimum atomic E-state index is -0.706. The summed E-state index contributed by atoms with van der Waals surface area (Å²) in [4.78, 5) is 43.4. The van der Waals surface area contributed by atoms with Gasteiger partial charge < -0.3 is 25.4 Å². The summed E-state index contributed by atoms with van der Waals surface area (Å²) in [6.45, 7) is 1.68. The number of carbonyl (C=O) groups excluding carboxylic acids is 3. The van der Waals surface area contributed by atoms with E-state index in [1.165, 1.54) is 6.42 Å². The van der Waals surface area contributed by atoms with E-state index in [1.807, 2.05) is 48.5 Å². The van der Waals surface area contributed by atoms with Gasteiger partial charge in [0, 0.05) is 30.8 Å². The van der Waals surface area contributed by atoms with Gasteiger partial charge in [-0.1, -0.05) is 68.5 Å². The SMILES string of the molecule is O=C(NC(CO)CCC(=O)N1CCOc2ccccc2C1)C(CC1CCCCC1)NC(=O)N1CCc2ccccc21. The minimum Gasteiger partial charge on any atom is -0.491 e. The highest BCUT2D eigenvalue weighted by Crippen LogP contribution is 2.30. The highest BCUT2D eigenvalue weighted by molar-refractivity contribution is 5.97. The van der Waals surface area contributed by atoms with Crippen LogP contribution in [-0.2, 0) is 22.6 Å².